The molecule has 0 bridgehead atoms. The largest absolute Gasteiger partial charge is 0.349 e. The van der Waals surface area contributed by atoms with Crippen molar-refractivity contribution in [3.63, 3.8) is 0 Å². The van der Waals surface area contributed by atoms with Crippen LogP contribution in [0.2, 0.25) is 0 Å². The lowest BCUT2D eigenvalue weighted by Gasteiger charge is -2.32. The summed E-state index contributed by atoms with van der Waals surface area (Å²) in [6.07, 6.45) is 6.13. The van der Waals surface area contributed by atoms with E-state index in [1.54, 1.807) is 6.20 Å². The van der Waals surface area contributed by atoms with Crippen molar-refractivity contribution in [2.24, 2.45) is 5.92 Å². The van der Waals surface area contributed by atoms with E-state index >= 15 is 0 Å². The molecule has 6 heteroatoms. The van der Waals surface area contributed by atoms with Crippen molar-refractivity contribution in [1.82, 2.24) is 14.6 Å². The van der Waals surface area contributed by atoms with Gasteiger partial charge in [-0.15, -0.1) is 0 Å². The predicted octanol–water partition coefficient (Wildman–Crippen LogP) is 1.84. The number of nitrogens with zero attached hydrogens (tertiary/aromatic N) is 1. The fourth-order valence-electron chi connectivity index (χ4n) is 2.94. The van der Waals surface area contributed by atoms with E-state index in [4.69, 9.17) is 0 Å². The molecule has 118 valence electrons. The molecule has 0 saturated heterocycles. The zero-order valence-electron chi connectivity index (χ0n) is 12.8. The first-order valence-corrected chi connectivity index (χ1v) is 9.41. The van der Waals surface area contributed by atoms with Crippen molar-refractivity contribution >= 4 is 10.0 Å². The van der Waals surface area contributed by atoms with Gasteiger partial charge in [0.15, 0.2) is 0 Å². The van der Waals surface area contributed by atoms with E-state index in [-0.39, 0.29) is 6.04 Å². The van der Waals surface area contributed by atoms with Gasteiger partial charge in [0, 0.05) is 37.1 Å². The molecule has 1 heterocycles. The fourth-order valence-corrected chi connectivity index (χ4v) is 4.26. The molecule has 1 aromatic heterocycles. The van der Waals surface area contributed by atoms with Crippen LogP contribution in [0, 0.1) is 5.92 Å². The summed E-state index contributed by atoms with van der Waals surface area (Å²) < 4.78 is 29.7. The topological polar surface area (TPSA) is 63.1 Å². The number of hydrogen-bond acceptors (Lipinski definition) is 3. The highest BCUT2D eigenvalue weighted by Crippen LogP contribution is 2.28. The Labute approximate surface area is 127 Å². The first-order valence-electron chi connectivity index (χ1n) is 7.92. The summed E-state index contributed by atoms with van der Waals surface area (Å²) in [7, 11) is -3.38. The van der Waals surface area contributed by atoms with E-state index in [1.807, 2.05) is 17.6 Å². The minimum atomic E-state index is -3.38. The molecule has 0 aromatic carbocycles. The Kier molecular flexibility index (Phi) is 4.12. The number of sulfonamides is 1. The van der Waals surface area contributed by atoms with Gasteiger partial charge in [-0.05, 0) is 44.6 Å². The normalized spacial score (nSPS) is 25.8. The van der Waals surface area contributed by atoms with Crippen LogP contribution in [0.1, 0.15) is 45.2 Å². The molecule has 2 N–H and O–H groups in total. The lowest BCUT2D eigenvalue weighted by molar-refractivity contribution is 0.270. The van der Waals surface area contributed by atoms with E-state index in [0.29, 0.717) is 16.9 Å². The summed E-state index contributed by atoms with van der Waals surface area (Å²) in [4.78, 5) is 0.400. The number of aromatic nitrogens is 1. The molecule has 2 aliphatic rings. The van der Waals surface area contributed by atoms with Crippen LogP contribution in [0.25, 0.3) is 0 Å². The zero-order valence-corrected chi connectivity index (χ0v) is 13.6. The van der Waals surface area contributed by atoms with E-state index in [9.17, 15) is 8.42 Å². The van der Waals surface area contributed by atoms with E-state index in [2.05, 4.69) is 17.0 Å². The number of nitrogens with one attached hydrogen (secondary N) is 2. The van der Waals surface area contributed by atoms with Gasteiger partial charge in [-0.3, -0.25) is 0 Å². The zero-order chi connectivity index (χ0) is 15.0. The second-order valence-corrected chi connectivity index (χ2v) is 8.22. The average molecular weight is 311 g/mol. The molecule has 2 saturated carbocycles. The van der Waals surface area contributed by atoms with Crippen molar-refractivity contribution < 1.29 is 8.42 Å². The van der Waals surface area contributed by atoms with Crippen molar-refractivity contribution in [2.45, 2.75) is 69.6 Å². The second-order valence-electron chi connectivity index (χ2n) is 6.50. The Balaban J connectivity index is 1.70. The Morgan fingerprint density at radius 1 is 1.29 bits per heavy atom. The van der Waals surface area contributed by atoms with Gasteiger partial charge >= 0.3 is 0 Å². The molecule has 2 aliphatic carbocycles. The first kappa shape index (κ1) is 15.1. The number of rotatable bonds is 7. The summed E-state index contributed by atoms with van der Waals surface area (Å²) in [6, 6.07) is 2.55. The lowest BCUT2D eigenvalue weighted by atomic mass is 9.83. The van der Waals surface area contributed by atoms with Gasteiger partial charge in [-0.1, -0.05) is 6.92 Å². The maximum atomic E-state index is 12.4. The van der Waals surface area contributed by atoms with Crippen LogP contribution in [0.3, 0.4) is 0 Å². The molecule has 3 rings (SSSR count). The SMILES string of the molecule is CCn1cc(S(=O)(=O)NC2CC(C)C2)cc1CNC1CC1. The number of hydrogen-bond donors (Lipinski definition) is 2. The monoisotopic (exact) mass is 311 g/mol. The maximum Gasteiger partial charge on any atom is 0.242 e. The first-order chi connectivity index (χ1) is 9.98. The molecule has 0 radical (unpaired) electrons. The standard InChI is InChI=1S/C15H25N3O2S/c1-3-18-10-15(8-14(18)9-16-12-4-5-12)21(19,20)17-13-6-11(2)7-13/h8,10-13,16-17H,3-7,9H2,1-2H3. The Morgan fingerprint density at radius 3 is 2.57 bits per heavy atom. The Morgan fingerprint density at radius 2 is 2.00 bits per heavy atom. The third-order valence-corrected chi connectivity index (χ3v) is 5.94. The molecule has 0 atom stereocenters. The third-order valence-electron chi connectivity index (χ3n) is 4.46. The van der Waals surface area contributed by atoms with E-state index in [0.717, 1.165) is 31.6 Å². The summed E-state index contributed by atoms with van der Waals surface area (Å²) in [5.41, 5.74) is 1.05. The summed E-state index contributed by atoms with van der Waals surface area (Å²) in [6.45, 7) is 5.73. The summed E-state index contributed by atoms with van der Waals surface area (Å²) >= 11 is 0. The fraction of sp³-hybridized carbons (Fsp3) is 0.733. The molecule has 1 aromatic rings. The van der Waals surface area contributed by atoms with Gasteiger partial charge in [-0.25, -0.2) is 13.1 Å². The van der Waals surface area contributed by atoms with Gasteiger partial charge in [0.05, 0.1) is 4.90 Å². The highest BCUT2D eigenvalue weighted by molar-refractivity contribution is 7.89. The van der Waals surface area contributed by atoms with Crippen LogP contribution in [0.4, 0.5) is 0 Å². The molecular weight excluding hydrogens is 286 g/mol. The highest BCUT2D eigenvalue weighted by atomic mass is 32.2. The van der Waals surface area contributed by atoms with Gasteiger partial charge in [0.2, 0.25) is 10.0 Å². The van der Waals surface area contributed by atoms with Gasteiger partial charge in [-0.2, -0.15) is 0 Å². The van der Waals surface area contributed by atoms with Crippen LogP contribution in [0.15, 0.2) is 17.2 Å². The Hall–Kier alpha value is -0.850. The van der Waals surface area contributed by atoms with Crippen molar-refractivity contribution in [2.75, 3.05) is 0 Å². The second kappa shape index (κ2) is 5.74. The van der Waals surface area contributed by atoms with Crippen molar-refractivity contribution in [3.8, 4) is 0 Å². The van der Waals surface area contributed by atoms with Crippen LogP contribution >= 0.6 is 0 Å². The maximum absolute atomic E-state index is 12.4. The number of aryl methyl sites for hydroxylation is 1. The molecule has 0 amide bonds. The molecule has 5 nitrogen and oxygen atoms in total. The molecule has 21 heavy (non-hydrogen) atoms. The summed E-state index contributed by atoms with van der Waals surface area (Å²) in [5, 5.41) is 3.45. The van der Waals surface area contributed by atoms with Crippen LogP contribution in [-0.2, 0) is 23.1 Å². The van der Waals surface area contributed by atoms with Gasteiger partial charge in [0.25, 0.3) is 0 Å². The minimum absolute atomic E-state index is 0.114. The third kappa shape index (κ3) is 3.49. The highest BCUT2D eigenvalue weighted by Gasteiger charge is 2.30. The molecule has 0 aliphatic heterocycles. The Bertz CT molecular complexity index is 598. The smallest absolute Gasteiger partial charge is 0.242 e. The van der Waals surface area contributed by atoms with E-state index < -0.39 is 10.0 Å². The predicted molar refractivity (Wildman–Crippen MR) is 82.5 cm³/mol. The van der Waals surface area contributed by atoms with Crippen LogP contribution in [0.5, 0.6) is 0 Å². The summed E-state index contributed by atoms with van der Waals surface area (Å²) in [5.74, 6) is 0.635. The van der Waals surface area contributed by atoms with Crippen LogP contribution in [-0.4, -0.2) is 25.1 Å². The van der Waals surface area contributed by atoms with Crippen molar-refractivity contribution in [3.05, 3.63) is 18.0 Å². The van der Waals surface area contributed by atoms with Crippen molar-refractivity contribution in [1.29, 1.82) is 0 Å². The quantitative estimate of drug-likeness (QED) is 0.807. The molecule has 0 spiro atoms. The van der Waals surface area contributed by atoms with Gasteiger partial charge in [0.1, 0.15) is 0 Å². The molecule has 0 unspecified atom stereocenters. The minimum Gasteiger partial charge on any atom is -0.349 e. The molecule has 2 fully saturated rings. The van der Waals surface area contributed by atoms with E-state index in [1.165, 1.54) is 12.8 Å². The van der Waals surface area contributed by atoms with Gasteiger partial charge < -0.3 is 9.88 Å². The average Bonchev–Trinajstić information content (AvgIpc) is 3.12. The van der Waals surface area contributed by atoms with Crippen LogP contribution < -0.4 is 10.0 Å². The lowest BCUT2D eigenvalue weighted by Crippen LogP contribution is -2.43. The molecular formula is C15H25N3O2S.